The lowest BCUT2D eigenvalue weighted by molar-refractivity contribution is 0.439. The third-order valence-corrected chi connectivity index (χ3v) is 3.93. The fourth-order valence-corrected chi connectivity index (χ4v) is 2.71. The maximum absolute atomic E-state index is 14.2. The molecule has 5 heteroatoms. The zero-order chi connectivity index (χ0) is 15.0. The van der Waals surface area contributed by atoms with Gasteiger partial charge >= 0.3 is 0 Å². The summed E-state index contributed by atoms with van der Waals surface area (Å²) in [5.74, 6) is -0.187. The van der Waals surface area contributed by atoms with Crippen molar-refractivity contribution in [3.8, 4) is 22.4 Å². The molecule has 2 aromatic carbocycles. The van der Waals surface area contributed by atoms with Gasteiger partial charge in [-0.25, -0.2) is 4.39 Å². The van der Waals surface area contributed by atoms with E-state index in [2.05, 4.69) is 21.1 Å². The molecule has 0 aliphatic heterocycles. The van der Waals surface area contributed by atoms with Crippen LogP contribution in [0.25, 0.3) is 22.4 Å². The molecule has 21 heavy (non-hydrogen) atoms. The minimum absolute atomic E-state index is 0.164. The molecular weight excluding hydrogens is 335 g/mol. The van der Waals surface area contributed by atoms with E-state index in [9.17, 15) is 4.39 Å². The molecule has 0 spiro atoms. The van der Waals surface area contributed by atoms with E-state index in [4.69, 9.17) is 10.3 Å². The van der Waals surface area contributed by atoms with Gasteiger partial charge in [-0.1, -0.05) is 45.4 Å². The van der Waals surface area contributed by atoms with E-state index in [1.807, 2.05) is 37.3 Å². The number of aromatic nitrogens is 1. The minimum Gasteiger partial charge on any atom is -0.367 e. The van der Waals surface area contributed by atoms with E-state index >= 15 is 0 Å². The molecular formula is C16H12BrFN2O. The Balaban J connectivity index is 2.25. The highest BCUT2D eigenvalue weighted by atomic mass is 79.9. The van der Waals surface area contributed by atoms with Crippen molar-refractivity contribution < 1.29 is 8.91 Å². The average molecular weight is 347 g/mol. The van der Waals surface area contributed by atoms with Crippen LogP contribution in [0.15, 0.2) is 51.5 Å². The Kier molecular flexibility index (Phi) is 3.51. The number of halogens is 2. The van der Waals surface area contributed by atoms with E-state index in [1.165, 1.54) is 6.07 Å². The van der Waals surface area contributed by atoms with Crippen LogP contribution in [-0.4, -0.2) is 5.16 Å². The number of nitrogen functional groups attached to an aromatic ring is 1. The molecule has 0 aliphatic carbocycles. The zero-order valence-electron chi connectivity index (χ0n) is 11.2. The van der Waals surface area contributed by atoms with Gasteiger partial charge in [0.2, 0.25) is 5.88 Å². The molecule has 1 aromatic heterocycles. The highest BCUT2D eigenvalue weighted by molar-refractivity contribution is 9.10. The number of benzene rings is 2. The van der Waals surface area contributed by atoms with Crippen LogP contribution >= 0.6 is 15.9 Å². The van der Waals surface area contributed by atoms with Gasteiger partial charge in [0.1, 0.15) is 11.5 Å². The topological polar surface area (TPSA) is 52.0 Å². The maximum Gasteiger partial charge on any atom is 0.230 e. The Morgan fingerprint density at radius 2 is 1.90 bits per heavy atom. The minimum atomic E-state index is -0.350. The summed E-state index contributed by atoms with van der Waals surface area (Å²) in [6.07, 6.45) is 0. The second kappa shape index (κ2) is 5.33. The lowest BCUT2D eigenvalue weighted by Crippen LogP contribution is -1.91. The number of anilines is 1. The van der Waals surface area contributed by atoms with Crippen molar-refractivity contribution in [3.05, 3.63) is 58.3 Å². The van der Waals surface area contributed by atoms with Gasteiger partial charge in [0, 0.05) is 15.6 Å². The second-order valence-corrected chi connectivity index (χ2v) is 5.59. The van der Waals surface area contributed by atoms with Crippen LogP contribution in [0.4, 0.5) is 10.3 Å². The number of rotatable bonds is 2. The fraction of sp³-hybridized carbons (Fsp3) is 0.0625. The molecule has 0 saturated carbocycles. The van der Waals surface area contributed by atoms with Crippen LogP contribution in [0.2, 0.25) is 0 Å². The van der Waals surface area contributed by atoms with Crippen LogP contribution in [0, 0.1) is 12.7 Å². The molecule has 0 saturated heterocycles. The maximum atomic E-state index is 14.2. The van der Waals surface area contributed by atoms with Gasteiger partial charge in [0.05, 0.1) is 5.56 Å². The first kappa shape index (κ1) is 13.8. The summed E-state index contributed by atoms with van der Waals surface area (Å²) in [5.41, 5.74) is 8.90. The summed E-state index contributed by atoms with van der Waals surface area (Å²) in [4.78, 5) is 0. The van der Waals surface area contributed by atoms with E-state index in [0.29, 0.717) is 16.8 Å². The van der Waals surface area contributed by atoms with Gasteiger partial charge in [-0.2, -0.15) is 0 Å². The molecule has 0 unspecified atom stereocenters. The summed E-state index contributed by atoms with van der Waals surface area (Å²) in [5, 5.41) is 3.93. The first-order chi connectivity index (χ1) is 10.1. The number of aryl methyl sites for hydroxylation is 1. The summed E-state index contributed by atoms with van der Waals surface area (Å²) in [7, 11) is 0. The van der Waals surface area contributed by atoms with Gasteiger partial charge in [-0.15, -0.1) is 0 Å². The molecule has 0 atom stereocenters. The van der Waals surface area contributed by atoms with Crippen LogP contribution in [0.5, 0.6) is 0 Å². The third kappa shape index (κ3) is 2.45. The first-order valence-electron chi connectivity index (χ1n) is 6.34. The highest BCUT2D eigenvalue weighted by Crippen LogP contribution is 2.40. The van der Waals surface area contributed by atoms with E-state index in [1.54, 1.807) is 6.07 Å². The van der Waals surface area contributed by atoms with Crippen molar-refractivity contribution in [2.24, 2.45) is 0 Å². The normalized spacial score (nSPS) is 10.8. The molecule has 3 rings (SSSR count). The summed E-state index contributed by atoms with van der Waals surface area (Å²) < 4.78 is 20.1. The predicted molar refractivity (Wildman–Crippen MR) is 84.2 cm³/mol. The molecule has 0 radical (unpaired) electrons. The fourth-order valence-electron chi connectivity index (χ4n) is 2.22. The Hall–Kier alpha value is -2.14. The van der Waals surface area contributed by atoms with Gasteiger partial charge < -0.3 is 10.3 Å². The second-order valence-electron chi connectivity index (χ2n) is 4.73. The highest BCUT2D eigenvalue weighted by Gasteiger charge is 2.21. The van der Waals surface area contributed by atoms with Crippen LogP contribution < -0.4 is 5.73 Å². The Morgan fingerprint density at radius 3 is 2.62 bits per heavy atom. The Morgan fingerprint density at radius 1 is 1.14 bits per heavy atom. The molecule has 0 bridgehead atoms. The number of nitrogens with two attached hydrogens (primary N) is 1. The Labute approximate surface area is 129 Å². The van der Waals surface area contributed by atoms with Crippen molar-refractivity contribution in [3.63, 3.8) is 0 Å². The average Bonchev–Trinajstić information content (AvgIpc) is 2.81. The quantitative estimate of drug-likeness (QED) is 0.724. The van der Waals surface area contributed by atoms with Crippen molar-refractivity contribution in [2.75, 3.05) is 5.73 Å². The van der Waals surface area contributed by atoms with Gasteiger partial charge in [0.25, 0.3) is 0 Å². The lowest BCUT2D eigenvalue weighted by atomic mass is 10.00. The van der Waals surface area contributed by atoms with Crippen LogP contribution in [0.3, 0.4) is 0 Å². The SMILES string of the molecule is Cc1ccc(-c2noc(N)c2-c2ccccc2Br)c(F)c1. The largest absolute Gasteiger partial charge is 0.367 e. The number of hydrogen-bond donors (Lipinski definition) is 1. The summed E-state index contributed by atoms with van der Waals surface area (Å²) in [6, 6.07) is 12.5. The van der Waals surface area contributed by atoms with E-state index in [0.717, 1.165) is 15.6 Å². The zero-order valence-corrected chi connectivity index (χ0v) is 12.8. The number of nitrogens with zero attached hydrogens (tertiary/aromatic N) is 1. The third-order valence-electron chi connectivity index (χ3n) is 3.24. The van der Waals surface area contributed by atoms with Gasteiger partial charge in [0.15, 0.2) is 0 Å². The van der Waals surface area contributed by atoms with Crippen LogP contribution in [-0.2, 0) is 0 Å². The number of hydrogen-bond acceptors (Lipinski definition) is 3. The molecule has 0 aliphatic rings. The molecule has 3 nitrogen and oxygen atoms in total. The van der Waals surface area contributed by atoms with Crippen molar-refractivity contribution in [1.82, 2.24) is 5.16 Å². The molecule has 3 aromatic rings. The monoisotopic (exact) mass is 346 g/mol. The van der Waals surface area contributed by atoms with E-state index < -0.39 is 0 Å². The first-order valence-corrected chi connectivity index (χ1v) is 7.14. The van der Waals surface area contributed by atoms with Crippen molar-refractivity contribution in [2.45, 2.75) is 6.92 Å². The Bertz CT molecular complexity index is 814. The molecule has 2 N–H and O–H groups in total. The van der Waals surface area contributed by atoms with Gasteiger partial charge in [-0.3, -0.25) is 0 Å². The molecule has 1 heterocycles. The summed E-state index contributed by atoms with van der Waals surface area (Å²) >= 11 is 3.47. The molecule has 0 amide bonds. The van der Waals surface area contributed by atoms with Crippen molar-refractivity contribution in [1.29, 1.82) is 0 Å². The standard InChI is InChI=1S/C16H12BrFN2O/c1-9-6-7-11(13(18)8-9)15-14(16(19)21-20-15)10-4-2-3-5-12(10)17/h2-8H,19H2,1H3. The van der Waals surface area contributed by atoms with Crippen LogP contribution in [0.1, 0.15) is 5.56 Å². The molecule has 0 fully saturated rings. The lowest BCUT2D eigenvalue weighted by Gasteiger charge is -2.06. The molecule has 106 valence electrons. The smallest absolute Gasteiger partial charge is 0.230 e. The predicted octanol–water partition coefficient (Wildman–Crippen LogP) is 4.80. The summed E-state index contributed by atoms with van der Waals surface area (Å²) in [6.45, 7) is 1.83. The van der Waals surface area contributed by atoms with Crippen molar-refractivity contribution >= 4 is 21.8 Å². The van der Waals surface area contributed by atoms with E-state index in [-0.39, 0.29) is 11.7 Å². The van der Waals surface area contributed by atoms with Gasteiger partial charge in [-0.05, 0) is 30.7 Å².